The Hall–Kier alpha value is -3.01. The van der Waals surface area contributed by atoms with Crippen molar-refractivity contribution in [1.82, 2.24) is 14.8 Å². The average Bonchev–Trinajstić information content (AvgIpc) is 3.29. The van der Waals surface area contributed by atoms with Crippen LogP contribution in [0.25, 0.3) is 11.3 Å². The van der Waals surface area contributed by atoms with Crippen molar-refractivity contribution in [3.63, 3.8) is 0 Å². The van der Waals surface area contributed by atoms with Crippen LogP contribution in [0.2, 0.25) is 0 Å². The van der Waals surface area contributed by atoms with Gasteiger partial charge in [-0.25, -0.2) is 9.37 Å². The Bertz CT molecular complexity index is 1080. The fraction of sp³-hybridized carbons (Fsp3) is 0.333. The Labute approximate surface area is 196 Å². The first-order valence-electron chi connectivity index (χ1n) is 10.7. The summed E-state index contributed by atoms with van der Waals surface area (Å²) in [6, 6.07) is 11.7. The van der Waals surface area contributed by atoms with Crippen LogP contribution in [-0.4, -0.2) is 67.6 Å². The molecular formula is C24H27FN4O3S. The molecule has 0 unspecified atom stereocenters. The minimum absolute atomic E-state index is 0.0844. The van der Waals surface area contributed by atoms with E-state index in [0.717, 1.165) is 49.0 Å². The molecule has 0 aliphatic carbocycles. The van der Waals surface area contributed by atoms with E-state index in [4.69, 9.17) is 14.5 Å². The number of amides is 1. The molecule has 0 atom stereocenters. The molecule has 7 nitrogen and oxygen atoms in total. The largest absolute Gasteiger partial charge is 0.497 e. The lowest BCUT2D eigenvalue weighted by atomic mass is 10.2. The van der Waals surface area contributed by atoms with Crippen LogP contribution in [0, 0.1) is 5.82 Å². The first-order chi connectivity index (χ1) is 16.0. The second-order valence-corrected chi connectivity index (χ2v) is 8.74. The van der Waals surface area contributed by atoms with E-state index in [2.05, 4.69) is 15.1 Å². The zero-order valence-corrected chi connectivity index (χ0v) is 19.5. The van der Waals surface area contributed by atoms with E-state index in [0.29, 0.717) is 23.7 Å². The van der Waals surface area contributed by atoms with Gasteiger partial charge in [-0.15, -0.1) is 11.3 Å². The number of carbonyl (C=O) groups excluding carboxylic acids is 1. The predicted octanol–water partition coefficient (Wildman–Crippen LogP) is 3.72. The zero-order chi connectivity index (χ0) is 23.2. The number of hydrogen-bond acceptors (Lipinski definition) is 7. The molecule has 1 saturated heterocycles. The molecule has 9 heteroatoms. The lowest BCUT2D eigenvalue weighted by Gasteiger charge is -2.33. The molecule has 0 saturated carbocycles. The number of aromatic nitrogens is 1. The summed E-state index contributed by atoms with van der Waals surface area (Å²) >= 11 is 1.62. The van der Waals surface area contributed by atoms with Crippen LogP contribution in [0.4, 0.5) is 10.1 Å². The van der Waals surface area contributed by atoms with Gasteiger partial charge in [-0.3, -0.25) is 14.6 Å². The molecule has 1 N–H and O–H groups in total. The number of ether oxygens (including phenoxy) is 2. The molecule has 1 aromatic heterocycles. The molecule has 0 bridgehead atoms. The third-order valence-corrected chi connectivity index (χ3v) is 6.40. The molecule has 1 aliphatic heterocycles. The first kappa shape index (κ1) is 23.2. The van der Waals surface area contributed by atoms with Gasteiger partial charge in [-0.2, -0.15) is 0 Å². The number of carbonyl (C=O) groups is 1. The number of anilines is 1. The van der Waals surface area contributed by atoms with Crippen molar-refractivity contribution in [3.8, 4) is 22.8 Å². The summed E-state index contributed by atoms with van der Waals surface area (Å²) in [7, 11) is 3.16. The van der Waals surface area contributed by atoms with E-state index >= 15 is 0 Å². The molecule has 174 valence electrons. The number of hydrogen-bond donors (Lipinski definition) is 1. The summed E-state index contributed by atoms with van der Waals surface area (Å²) < 4.78 is 23.7. The van der Waals surface area contributed by atoms with Crippen LogP contribution >= 0.6 is 11.3 Å². The van der Waals surface area contributed by atoms with E-state index in [1.54, 1.807) is 55.9 Å². The van der Waals surface area contributed by atoms with E-state index in [-0.39, 0.29) is 11.7 Å². The van der Waals surface area contributed by atoms with Gasteiger partial charge in [0.15, 0.2) is 0 Å². The summed E-state index contributed by atoms with van der Waals surface area (Å²) in [6.07, 6.45) is 0. The second-order valence-electron chi connectivity index (χ2n) is 7.80. The van der Waals surface area contributed by atoms with E-state index in [9.17, 15) is 9.18 Å². The quantitative estimate of drug-likeness (QED) is 0.541. The van der Waals surface area contributed by atoms with Crippen molar-refractivity contribution < 1.29 is 18.7 Å². The van der Waals surface area contributed by atoms with Gasteiger partial charge in [-0.05, 0) is 36.4 Å². The van der Waals surface area contributed by atoms with Crippen LogP contribution in [0.1, 0.15) is 5.01 Å². The van der Waals surface area contributed by atoms with Gasteiger partial charge in [-0.1, -0.05) is 0 Å². The van der Waals surface area contributed by atoms with Crippen LogP contribution in [0.15, 0.2) is 47.8 Å². The van der Waals surface area contributed by atoms with Gasteiger partial charge in [0.25, 0.3) is 0 Å². The van der Waals surface area contributed by atoms with Gasteiger partial charge < -0.3 is 14.8 Å². The number of nitrogens with one attached hydrogen (secondary N) is 1. The third kappa shape index (κ3) is 6.07. The minimum Gasteiger partial charge on any atom is -0.497 e. The number of thiazole rings is 1. The second kappa shape index (κ2) is 10.7. The van der Waals surface area contributed by atoms with Gasteiger partial charge in [0.1, 0.15) is 22.3 Å². The standard InChI is InChI=1S/C24H27FN4O3S/c1-31-19-7-8-22(32-2)20(13-19)26-23(30)14-28-9-11-29(12-10-28)15-24-27-21(16-33-24)17-3-5-18(25)6-4-17/h3-8,13,16H,9-12,14-15H2,1-2H3,(H,26,30). The van der Waals surface area contributed by atoms with Gasteiger partial charge in [0.2, 0.25) is 5.91 Å². The highest BCUT2D eigenvalue weighted by Crippen LogP contribution is 2.29. The van der Waals surface area contributed by atoms with Crippen LogP contribution < -0.4 is 14.8 Å². The lowest BCUT2D eigenvalue weighted by Crippen LogP contribution is -2.48. The molecule has 33 heavy (non-hydrogen) atoms. The van der Waals surface area contributed by atoms with Crippen LogP contribution in [0.3, 0.4) is 0 Å². The Morgan fingerprint density at radius 1 is 1.06 bits per heavy atom. The monoisotopic (exact) mass is 470 g/mol. The fourth-order valence-electron chi connectivity index (χ4n) is 3.74. The van der Waals surface area contributed by atoms with Crippen molar-refractivity contribution in [3.05, 3.63) is 58.7 Å². The number of methoxy groups -OCH3 is 2. The van der Waals surface area contributed by atoms with Gasteiger partial charge in [0.05, 0.1) is 38.7 Å². The zero-order valence-electron chi connectivity index (χ0n) is 18.7. The summed E-state index contributed by atoms with van der Waals surface area (Å²) in [5, 5.41) is 5.97. The van der Waals surface area contributed by atoms with Crippen molar-refractivity contribution in [2.75, 3.05) is 52.3 Å². The number of benzene rings is 2. The van der Waals surface area contributed by atoms with Crippen molar-refractivity contribution in [2.24, 2.45) is 0 Å². The number of piperazine rings is 1. The van der Waals surface area contributed by atoms with Gasteiger partial charge >= 0.3 is 0 Å². The maximum atomic E-state index is 13.1. The lowest BCUT2D eigenvalue weighted by molar-refractivity contribution is -0.117. The highest BCUT2D eigenvalue weighted by molar-refractivity contribution is 7.09. The Kier molecular flexibility index (Phi) is 7.54. The third-order valence-electron chi connectivity index (χ3n) is 5.56. The van der Waals surface area contributed by atoms with E-state index in [1.165, 1.54) is 12.1 Å². The van der Waals surface area contributed by atoms with Crippen LogP contribution in [0.5, 0.6) is 11.5 Å². The molecule has 0 spiro atoms. The van der Waals surface area contributed by atoms with E-state index in [1.807, 2.05) is 5.38 Å². The Morgan fingerprint density at radius 3 is 2.48 bits per heavy atom. The normalized spacial score (nSPS) is 14.8. The molecule has 1 aliphatic rings. The molecule has 4 rings (SSSR count). The first-order valence-corrected chi connectivity index (χ1v) is 11.6. The van der Waals surface area contributed by atoms with E-state index < -0.39 is 0 Å². The number of rotatable bonds is 8. The summed E-state index contributed by atoms with van der Waals surface area (Å²) in [6.45, 7) is 4.42. The molecule has 2 aromatic carbocycles. The van der Waals surface area contributed by atoms with Crippen molar-refractivity contribution in [2.45, 2.75) is 6.54 Å². The number of nitrogens with zero attached hydrogens (tertiary/aromatic N) is 3. The molecule has 1 amide bonds. The topological polar surface area (TPSA) is 66.9 Å². The Balaban J connectivity index is 1.26. The van der Waals surface area contributed by atoms with Crippen LogP contribution in [-0.2, 0) is 11.3 Å². The molecule has 1 fully saturated rings. The molecule has 3 aromatic rings. The smallest absolute Gasteiger partial charge is 0.238 e. The molecule has 0 radical (unpaired) electrons. The average molecular weight is 471 g/mol. The minimum atomic E-state index is -0.247. The summed E-state index contributed by atoms with van der Waals surface area (Å²) in [4.78, 5) is 21.8. The highest BCUT2D eigenvalue weighted by atomic mass is 32.1. The molecular weight excluding hydrogens is 443 g/mol. The van der Waals surface area contributed by atoms with Gasteiger partial charge in [0, 0.05) is 43.2 Å². The maximum absolute atomic E-state index is 13.1. The number of halogens is 1. The molecule has 2 heterocycles. The van der Waals surface area contributed by atoms with Crippen molar-refractivity contribution >= 4 is 22.9 Å². The van der Waals surface area contributed by atoms with Crippen molar-refractivity contribution in [1.29, 1.82) is 0 Å². The Morgan fingerprint density at radius 2 is 1.79 bits per heavy atom. The summed E-state index contributed by atoms with van der Waals surface area (Å²) in [5.74, 6) is 0.921. The summed E-state index contributed by atoms with van der Waals surface area (Å²) in [5.41, 5.74) is 2.39. The highest BCUT2D eigenvalue weighted by Gasteiger charge is 2.20. The maximum Gasteiger partial charge on any atom is 0.238 e. The fourth-order valence-corrected chi connectivity index (χ4v) is 4.58. The SMILES string of the molecule is COc1ccc(OC)c(NC(=O)CN2CCN(Cc3nc(-c4ccc(F)cc4)cs3)CC2)c1. The predicted molar refractivity (Wildman–Crippen MR) is 127 cm³/mol.